The van der Waals surface area contributed by atoms with Gasteiger partial charge >= 0.3 is 0 Å². The maximum Gasteiger partial charge on any atom is 0.234 e. The van der Waals surface area contributed by atoms with Gasteiger partial charge in [0.25, 0.3) is 0 Å². The molecule has 0 radical (unpaired) electrons. The van der Waals surface area contributed by atoms with Crippen molar-refractivity contribution in [1.82, 2.24) is 5.43 Å². The van der Waals surface area contributed by atoms with Gasteiger partial charge in [-0.05, 0) is 56.0 Å². The van der Waals surface area contributed by atoms with Gasteiger partial charge in [0.05, 0.1) is 11.4 Å². The van der Waals surface area contributed by atoms with E-state index in [1.54, 1.807) is 12.1 Å². The minimum Gasteiger partial charge on any atom is -0.367 e. The van der Waals surface area contributed by atoms with Crippen molar-refractivity contribution in [3.8, 4) is 0 Å². The van der Waals surface area contributed by atoms with Crippen LogP contribution in [0.3, 0.4) is 0 Å². The molecule has 0 saturated carbocycles. The third-order valence-corrected chi connectivity index (χ3v) is 4.04. The van der Waals surface area contributed by atoms with Crippen LogP contribution in [0.25, 0.3) is 0 Å². The van der Waals surface area contributed by atoms with Crippen molar-refractivity contribution in [2.24, 2.45) is 21.0 Å². The van der Waals surface area contributed by atoms with E-state index in [1.165, 1.54) is 0 Å². The number of rotatable bonds is 4. The number of benzene rings is 1. The number of hydrogen-bond donors (Lipinski definition) is 2. The molecule has 0 amide bonds. The highest BCUT2D eigenvalue weighted by molar-refractivity contribution is 6.30. The summed E-state index contributed by atoms with van der Waals surface area (Å²) in [5, 5.41) is 13.8. The molecule has 24 heavy (non-hydrogen) atoms. The van der Waals surface area contributed by atoms with Gasteiger partial charge in [-0.2, -0.15) is 10.2 Å². The van der Waals surface area contributed by atoms with Gasteiger partial charge in [0.2, 0.25) is 5.96 Å². The highest BCUT2D eigenvalue weighted by Gasteiger charge is 2.07. The largest absolute Gasteiger partial charge is 0.367 e. The summed E-state index contributed by atoms with van der Waals surface area (Å²) in [5.74, 6) is 0.118. The van der Waals surface area contributed by atoms with Crippen molar-refractivity contribution in [3.63, 3.8) is 0 Å². The van der Waals surface area contributed by atoms with Crippen LogP contribution in [-0.4, -0.2) is 17.4 Å². The Morgan fingerprint density at radius 3 is 2.33 bits per heavy atom. The van der Waals surface area contributed by atoms with Crippen molar-refractivity contribution in [2.45, 2.75) is 26.7 Å². The molecule has 0 aliphatic heterocycles. The summed E-state index contributed by atoms with van der Waals surface area (Å²) in [6, 6.07) is 7.34. The van der Waals surface area contributed by atoms with E-state index in [-0.39, 0.29) is 5.96 Å². The Kier molecular flexibility index (Phi) is 6.58. The van der Waals surface area contributed by atoms with Gasteiger partial charge in [0.1, 0.15) is 0 Å². The van der Waals surface area contributed by atoms with Gasteiger partial charge in [-0.3, -0.25) is 0 Å². The zero-order chi connectivity index (χ0) is 17.5. The lowest BCUT2D eigenvalue weighted by molar-refractivity contribution is 0.951. The summed E-state index contributed by atoms with van der Waals surface area (Å²) in [4.78, 5) is 0. The van der Waals surface area contributed by atoms with E-state index >= 15 is 0 Å². The lowest BCUT2D eigenvalue weighted by Crippen LogP contribution is -2.28. The molecule has 0 fully saturated rings. The van der Waals surface area contributed by atoms with E-state index in [0.29, 0.717) is 5.02 Å². The molecule has 7 heteroatoms. The smallest absolute Gasteiger partial charge is 0.234 e. The molecule has 0 unspecified atom stereocenters. The molecule has 3 N–H and O–H groups in total. The van der Waals surface area contributed by atoms with Crippen LogP contribution >= 0.6 is 23.2 Å². The van der Waals surface area contributed by atoms with E-state index in [1.807, 2.05) is 38.1 Å². The SMILES string of the molecule is C/C(=N\NC(N)=N/N=C(\C)c1ccc(Cl)cc1)C1=CC=C(Cl)CC1. The molecule has 0 atom stereocenters. The van der Waals surface area contributed by atoms with Crippen LogP contribution < -0.4 is 11.2 Å². The second-order valence-corrected chi connectivity index (χ2v) is 6.21. The van der Waals surface area contributed by atoms with Crippen LogP contribution in [0.4, 0.5) is 0 Å². The third kappa shape index (κ3) is 5.51. The van der Waals surface area contributed by atoms with Gasteiger partial charge in [-0.15, -0.1) is 5.10 Å². The average molecular weight is 364 g/mol. The van der Waals surface area contributed by atoms with E-state index in [4.69, 9.17) is 28.9 Å². The van der Waals surface area contributed by atoms with E-state index < -0.39 is 0 Å². The normalized spacial score (nSPS) is 16.6. The fourth-order valence-electron chi connectivity index (χ4n) is 2.03. The molecule has 0 saturated heterocycles. The highest BCUT2D eigenvalue weighted by atomic mass is 35.5. The van der Waals surface area contributed by atoms with E-state index in [2.05, 4.69) is 20.7 Å². The zero-order valence-electron chi connectivity index (χ0n) is 13.6. The number of halogens is 2. The molecule has 0 heterocycles. The molecule has 0 aromatic heterocycles. The molecule has 0 spiro atoms. The summed E-state index contributed by atoms with van der Waals surface area (Å²) in [6.07, 6.45) is 5.53. The number of hydrogen-bond acceptors (Lipinski definition) is 3. The lowest BCUT2D eigenvalue weighted by Gasteiger charge is -2.10. The van der Waals surface area contributed by atoms with Crippen LogP contribution in [0, 0.1) is 0 Å². The number of guanidine groups is 1. The van der Waals surface area contributed by atoms with E-state index in [0.717, 1.165) is 40.4 Å². The van der Waals surface area contributed by atoms with Crippen molar-refractivity contribution < 1.29 is 0 Å². The van der Waals surface area contributed by atoms with Gasteiger partial charge in [-0.25, -0.2) is 5.43 Å². The second kappa shape index (κ2) is 8.66. The fourth-order valence-corrected chi connectivity index (χ4v) is 2.31. The summed E-state index contributed by atoms with van der Waals surface area (Å²) in [6.45, 7) is 3.75. The number of nitrogens with one attached hydrogen (secondary N) is 1. The quantitative estimate of drug-likeness (QED) is 0.478. The van der Waals surface area contributed by atoms with Crippen molar-refractivity contribution in [1.29, 1.82) is 0 Å². The Morgan fingerprint density at radius 1 is 1.00 bits per heavy atom. The zero-order valence-corrected chi connectivity index (χ0v) is 15.1. The Bertz CT molecular complexity index is 743. The molecular weight excluding hydrogens is 345 g/mol. The molecule has 0 bridgehead atoms. The van der Waals surface area contributed by atoms with E-state index in [9.17, 15) is 0 Å². The fraction of sp³-hybridized carbons (Fsp3) is 0.235. The van der Waals surface area contributed by atoms with Gasteiger partial charge in [0.15, 0.2) is 0 Å². The minimum absolute atomic E-state index is 0.118. The van der Waals surface area contributed by atoms with Gasteiger partial charge < -0.3 is 5.73 Å². The number of nitrogens with two attached hydrogens (primary N) is 1. The average Bonchev–Trinajstić information content (AvgIpc) is 2.58. The monoisotopic (exact) mass is 363 g/mol. The Hall–Kier alpha value is -2.11. The van der Waals surface area contributed by atoms with Crippen LogP contribution in [0.2, 0.25) is 5.02 Å². The van der Waals surface area contributed by atoms with Crippen molar-refractivity contribution >= 4 is 40.6 Å². The summed E-state index contributed by atoms with van der Waals surface area (Å²) >= 11 is 11.8. The molecule has 5 nitrogen and oxygen atoms in total. The lowest BCUT2D eigenvalue weighted by atomic mass is 10.0. The van der Waals surface area contributed by atoms with Crippen molar-refractivity contribution in [2.75, 3.05) is 0 Å². The Balaban J connectivity index is 1.99. The van der Waals surface area contributed by atoms with Gasteiger partial charge in [0, 0.05) is 10.1 Å². The molecule has 1 aliphatic carbocycles. The second-order valence-electron chi connectivity index (χ2n) is 5.29. The predicted molar refractivity (Wildman–Crippen MR) is 103 cm³/mol. The van der Waals surface area contributed by atoms with Crippen LogP contribution in [0.5, 0.6) is 0 Å². The molecule has 126 valence electrons. The first-order valence-electron chi connectivity index (χ1n) is 7.45. The maximum atomic E-state index is 5.94. The Labute approximate surface area is 151 Å². The maximum absolute atomic E-state index is 5.94. The van der Waals surface area contributed by atoms with Gasteiger partial charge in [-0.1, -0.05) is 41.4 Å². The number of allylic oxidation sites excluding steroid dienone is 4. The van der Waals surface area contributed by atoms with Crippen LogP contribution in [0.1, 0.15) is 32.3 Å². The molecule has 2 rings (SSSR count). The number of hydrazone groups is 1. The van der Waals surface area contributed by atoms with Crippen LogP contribution in [-0.2, 0) is 0 Å². The van der Waals surface area contributed by atoms with Crippen molar-refractivity contribution in [3.05, 3.63) is 57.6 Å². The first kappa shape index (κ1) is 18.2. The summed E-state index contributed by atoms with van der Waals surface area (Å²) < 4.78 is 0. The summed E-state index contributed by atoms with van der Waals surface area (Å²) in [7, 11) is 0. The predicted octanol–water partition coefficient (Wildman–Crippen LogP) is 4.19. The minimum atomic E-state index is 0.118. The number of nitrogens with zero attached hydrogens (tertiary/aromatic N) is 3. The topological polar surface area (TPSA) is 75.1 Å². The third-order valence-electron chi connectivity index (χ3n) is 3.47. The highest BCUT2D eigenvalue weighted by Crippen LogP contribution is 2.21. The molecule has 1 aromatic rings. The van der Waals surface area contributed by atoms with Crippen LogP contribution in [0.15, 0.2) is 62.3 Å². The molecule has 1 aliphatic rings. The summed E-state index contributed by atoms with van der Waals surface area (Å²) in [5.41, 5.74) is 12.1. The molecule has 1 aromatic carbocycles. The Morgan fingerprint density at radius 2 is 1.71 bits per heavy atom. The first-order chi connectivity index (χ1) is 11.5. The molecular formula is C17H19Cl2N5. The first-order valence-corrected chi connectivity index (χ1v) is 8.21. The standard InChI is InChI=1S/C17H19Cl2N5/c1-11(13-3-7-15(18)8-4-13)21-23-17(20)24-22-12(2)14-5-9-16(19)10-6-14/h3-5,7-9H,6,10H2,1-2H3,(H3,20,23,24)/b21-11+,22-12+.